The number of nitrogens with zero attached hydrogens (tertiary/aromatic N) is 1. The van der Waals surface area contributed by atoms with Crippen LogP contribution in [0.3, 0.4) is 0 Å². The van der Waals surface area contributed by atoms with Crippen molar-refractivity contribution >= 4 is 22.4 Å². The molecule has 92 valence electrons. The predicted octanol–water partition coefficient (Wildman–Crippen LogP) is 0.832. The Kier molecular flexibility index (Phi) is 6.75. The number of sulfonamides is 1. The van der Waals surface area contributed by atoms with E-state index in [1.807, 2.05) is 6.92 Å². The fraction of sp³-hybridized carbons (Fsp3) is 1.00. The number of halogens is 1. The molecule has 0 aromatic carbocycles. The van der Waals surface area contributed by atoms with E-state index >= 15 is 0 Å². The topological polar surface area (TPSA) is 49.4 Å². The minimum atomic E-state index is -3.00. The second kappa shape index (κ2) is 6.68. The summed E-state index contributed by atoms with van der Waals surface area (Å²) in [7, 11) is -1.30. The van der Waals surface area contributed by atoms with E-state index in [0.29, 0.717) is 6.42 Å². The Labute approximate surface area is 98.9 Å². The molecule has 0 amide bonds. The van der Waals surface area contributed by atoms with E-state index in [-0.39, 0.29) is 24.2 Å². The minimum Gasteiger partial charge on any atom is -0.317 e. The highest BCUT2D eigenvalue weighted by Gasteiger charge is 2.26. The van der Waals surface area contributed by atoms with Crippen molar-refractivity contribution in [3.63, 3.8) is 0 Å². The van der Waals surface area contributed by atoms with Crippen LogP contribution >= 0.6 is 12.4 Å². The van der Waals surface area contributed by atoms with Crippen molar-refractivity contribution in [2.75, 3.05) is 25.9 Å². The third kappa shape index (κ3) is 4.26. The highest BCUT2D eigenvalue weighted by molar-refractivity contribution is 7.89. The lowest BCUT2D eigenvalue weighted by Crippen LogP contribution is -2.44. The Morgan fingerprint density at radius 3 is 2.33 bits per heavy atom. The maximum Gasteiger partial charge on any atom is 0.214 e. The zero-order valence-electron chi connectivity index (χ0n) is 9.40. The van der Waals surface area contributed by atoms with Crippen LogP contribution in [-0.4, -0.2) is 44.7 Å². The average molecular weight is 257 g/mol. The zero-order chi connectivity index (χ0) is 10.6. The molecule has 1 heterocycles. The quantitative estimate of drug-likeness (QED) is 0.811. The summed E-state index contributed by atoms with van der Waals surface area (Å²) in [5, 5.41) is 3.23. The Hall–Kier alpha value is 0.160. The van der Waals surface area contributed by atoms with Crippen molar-refractivity contribution in [3.8, 4) is 0 Å². The molecular formula is C9H21ClN2O2S. The molecule has 1 aliphatic heterocycles. The van der Waals surface area contributed by atoms with Crippen LogP contribution < -0.4 is 5.32 Å². The van der Waals surface area contributed by atoms with E-state index in [1.165, 1.54) is 0 Å². The molecule has 1 fully saturated rings. The lowest BCUT2D eigenvalue weighted by Gasteiger charge is -2.30. The summed E-state index contributed by atoms with van der Waals surface area (Å²) in [6.07, 6.45) is 2.55. The zero-order valence-corrected chi connectivity index (χ0v) is 11.0. The van der Waals surface area contributed by atoms with Gasteiger partial charge < -0.3 is 5.32 Å². The van der Waals surface area contributed by atoms with E-state index < -0.39 is 10.0 Å². The molecule has 6 heteroatoms. The normalized spacial score (nSPS) is 18.9. The predicted molar refractivity (Wildman–Crippen MR) is 65.0 cm³/mol. The molecule has 1 rings (SSSR count). The van der Waals surface area contributed by atoms with Gasteiger partial charge in [0.15, 0.2) is 0 Å². The summed E-state index contributed by atoms with van der Waals surface area (Å²) < 4.78 is 25.0. The molecule has 0 saturated carbocycles. The molecule has 4 nitrogen and oxygen atoms in total. The van der Waals surface area contributed by atoms with Crippen LogP contribution in [0.4, 0.5) is 0 Å². The molecule has 0 unspecified atom stereocenters. The molecule has 1 N–H and O–H groups in total. The molecule has 0 atom stereocenters. The van der Waals surface area contributed by atoms with Gasteiger partial charge in [0.25, 0.3) is 0 Å². The third-order valence-electron chi connectivity index (χ3n) is 2.72. The van der Waals surface area contributed by atoms with Crippen molar-refractivity contribution in [2.45, 2.75) is 32.2 Å². The molecule has 15 heavy (non-hydrogen) atoms. The van der Waals surface area contributed by atoms with Gasteiger partial charge in [0.1, 0.15) is 0 Å². The molecule has 0 radical (unpaired) electrons. The molecular weight excluding hydrogens is 236 g/mol. The maximum atomic E-state index is 11.7. The van der Waals surface area contributed by atoms with E-state index in [1.54, 1.807) is 11.4 Å². The SMILES string of the molecule is CCCS(=O)(=O)N(C)C1CCNCC1.Cl. The Morgan fingerprint density at radius 2 is 1.87 bits per heavy atom. The lowest BCUT2D eigenvalue weighted by atomic mass is 10.1. The standard InChI is InChI=1S/C9H20N2O2S.ClH/c1-3-8-14(12,13)11(2)9-4-6-10-7-5-9;/h9-10H,3-8H2,1-2H3;1H. The summed E-state index contributed by atoms with van der Waals surface area (Å²) in [5.41, 5.74) is 0. The van der Waals surface area contributed by atoms with Gasteiger partial charge in [0.2, 0.25) is 10.0 Å². The fourth-order valence-corrected chi connectivity index (χ4v) is 3.27. The van der Waals surface area contributed by atoms with Gasteiger partial charge in [-0.15, -0.1) is 12.4 Å². The van der Waals surface area contributed by atoms with Gasteiger partial charge in [0.05, 0.1) is 5.75 Å². The van der Waals surface area contributed by atoms with Crippen molar-refractivity contribution in [3.05, 3.63) is 0 Å². The van der Waals surface area contributed by atoms with Crippen LogP contribution in [0.2, 0.25) is 0 Å². The second-order valence-electron chi connectivity index (χ2n) is 3.81. The Bertz CT molecular complexity index is 263. The van der Waals surface area contributed by atoms with Crippen LogP contribution in [0, 0.1) is 0 Å². The van der Waals surface area contributed by atoms with Crippen molar-refractivity contribution in [1.82, 2.24) is 9.62 Å². The molecule has 0 bridgehead atoms. The van der Waals surface area contributed by atoms with Crippen LogP contribution in [0.15, 0.2) is 0 Å². The lowest BCUT2D eigenvalue weighted by molar-refractivity contribution is 0.296. The van der Waals surface area contributed by atoms with Gasteiger partial charge in [-0.05, 0) is 32.4 Å². The smallest absolute Gasteiger partial charge is 0.214 e. The second-order valence-corrected chi connectivity index (χ2v) is 5.96. The van der Waals surface area contributed by atoms with E-state index in [9.17, 15) is 8.42 Å². The minimum absolute atomic E-state index is 0. The van der Waals surface area contributed by atoms with Crippen molar-refractivity contribution in [2.24, 2.45) is 0 Å². The first kappa shape index (κ1) is 15.2. The molecule has 0 aromatic heterocycles. The van der Waals surface area contributed by atoms with Crippen molar-refractivity contribution in [1.29, 1.82) is 0 Å². The number of piperidine rings is 1. The van der Waals surface area contributed by atoms with Crippen LogP contribution in [-0.2, 0) is 10.0 Å². The third-order valence-corrected chi connectivity index (χ3v) is 4.82. The highest BCUT2D eigenvalue weighted by Crippen LogP contribution is 2.14. The first-order chi connectivity index (χ1) is 6.58. The summed E-state index contributed by atoms with van der Waals surface area (Å²) in [6.45, 7) is 3.75. The average Bonchev–Trinajstić information content (AvgIpc) is 2.18. The maximum absolute atomic E-state index is 11.7. The molecule has 1 aliphatic rings. The monoisotopic (exact) mass is 256 g/mol. The first-order valence-corrected chi connectivity index (χ1v) is 6.85. The Balaban J connectivity index is 0.00000196. The van der Waals surface area contributed by atoms with Crippen LogP contribution in [0.1, 0.15) is 26.2 Å². The number of rotatable bonds is 4. The van der Waals surface area contributed by atoms with Gasteiger partial charge in [-0.3, -0.25) is 0 Å². The number of hydrogen-bond donors (Lipinski definition) is 1. The Morgan fingerprint density at radius 1 is 1.33 bits per heavy atom. The number of hydrogen-bond acceptors (Lipinski definition) is 3. The fourth-order valence-electron chi connectivity index (χ4n) is 1.80. The highest BCUT2D eigenvalue weighted by atomic mass is 35.5. The molecule has 1 saturated heterocycles. The van der Waals surface area contributed by atoms with E-state index in [2.05, 4.69) is 5.32 Å². The van der Waals surface area contributed by atoms with Crippen LogP contribution in [0.25, 0.3) is 0 Å². The van der Waals surface area contributed by atoms with Crippen molar-refractivity contribution < 1.29 is 8.42 Å². The van der Waals surface area contributed by atoms with Gasteiger partial charge in [0, 0.05) is 13.1 Å². The van der Waals surface area contributed by atoms with Gasteiger partial charge in [-0.25, -0.2) is 12.7 Å². The first-order valence-electron chi connectivity index (χ1n) is 5.24. The summed E-state index contributed by atoms with van der Waals surface area (Å²) in [4.78, 5) is 0. The molecule has 0 aromatic rings. The van der Waals surface area contributed by atoms with Gasteiger partial charge >= 0.3 is 0 Å². The van der Waals surface area contributed by atoms with E-state index in [0.717, 1.165) is 25.9 Å². The molecule has 0 aliphatic carbocycles. The summed E-state index contributed by atoms with van der Waals surface area (Å²) >= 11 is 0. The van der Waals surface area contributed by atoms with Gasteiger partial charge in [-0.2, -0.15) is 0 Å². The van der Waals surface area contributed by atoms with E-state index in [4.69, 9.17) is 0 Å². The summed E-state index contributed by atoms with van der Waals surface area (Å²) in [6, 6.07) is 0.202. The number of nitrogens with one attached hydrogen (secondary N) is 1. The van der Waals surface area contributed by atoms with Crippen LogP contribution in [0.5, 0.6) is 0 Å². The largest absolute Gasteiger partial charge is 0.317 e. The van der Waals surface area contributed by atoms with Gasteiger partial charge in [-0.1, -0.05) is 6.92 Å². The summed E-state index contributed by atoms with van der Waals surface area (Å²) in [5.74, 6) is 0.271. The molecule has 0 spiro atoms.